The van der Waals surface area contributed by atoms with Crippen molar-refractivity contribution >= 4 is 27.2 Å². The smallest absolute Gasteiger partial charge is 0.229 e. The molecule has 1 aliphatic rings. The van der Waals surface area contributed by atoms with Crippen LogP contribution < -0.4 is 10.2 Å². The van der Waals surface area contributed by atoms with Crippen LogP contribution in [0.2, 0.25) is 0 Å². The van der Waals surface area contributed by atoms with Crippen molar-refractivity contribution in [2.24, 2.45) is 0 Å². The molecule has 0 amide bonds. The highest BCUT2D eigenvalue weighted by Crippen LogP contribution is 2.28. The number of nitrogens with one attached hydrogen (secondary N) is 2. The van der Waals surface area contributed by atoms with Crippen LogP contribution in [0.15, 0.2) is 35.4 Å². The van der Waals surface area contributed by atoms with Gasteiger partial charge in [0.1, 0.15) is 0 Å². The van der Waals surface area contributed by atoms with Crippen molar-refractivity contribution in [3.8, 4) is 0 Å². The molecule has 0 unspecified atom stereocenters. The van der Waals surface area contributed by atoms with Gasteiger partial charge in [0.25, 0.3) is 0 Å². The average molecular weight is 393 g/mol. The Balaban J connectivity index is 1.85. The summed E-state index contributed by atoms with van der Waals surface area (Å²) in [6.07, 6.45) is 2.52. The number of rotatable bonds is 4. The van der Waals surface area contributed by atoms with Gasteiger partial charge in [-0.15, -0.1) is 0 Å². The number of hydrogen-bond donors (Lipinski definition) is 2. The van der Waals surface area contributed by atoms with E-state index in [0.29, 0.717) is 23.7 Å². The van der Waals surface area contributed by atoms with E-state index in [2.05, 4.69) is 15.3 Å². The normalized spacial score (nSPS) is 21.5. The van der Waals surface area contributed by atoms with Gasteiger partial charge in [0.2, 0.25) is 5.95 Å². The second kappa shape index (κ2) is 7.05. The van der Waals surface area contributed by atoms with E-state index in [4.69, 9.17) is 9.52 Å². The molecule has 1 aromatic heterocycles. The van der Waals surface area contributed by atoms with E-state index >= 15 is 0 Å². The molecule has 27 heavy (non-hydrogen) atoms. The SMILES string of the molecule is C[C@H]1COC(C)(C)CN1c1nc(Nc2ccc([S@@](C)(=N)=O)cc2)ncc1F. The van der Waals surface area contributed by atoms with Crippen molar-refractivity contribution in [2.75, 3.05) is 29.6 Å². The molecule has 0 bridgehead atoms. The van der Waals surface area contributed by atoms with E-state index in [1.54, 1.807) is 24.3 Å². The highest BCUT2D eigenvalue weighted by atomic mass is 32.2. The number of ether oxygens (including phenoxy) is 1. The molecule has 1 aromatic carbocycles. The fourth-order valence-electron chi connectivity index (χ4n) is 2.88. The number of aromatic nitrogens is 2. The Bertz CT molecular complexity index is 931. The zero-order chi connectivity index (χ0) is 19.8. The van der Waals surface area contributed by atoms with Crippen molar-refractivity contribution in [2.45, 2.75) is 37.3 Å². The molecule has 2 aromatic rings. The summed E-state index contributed by atoms with van der Waals surface area (Å²) in [7, 11) is -2.76. The standard InChI is InChI=1S/C18H24FN5O2S/c1-12-10-26-18(2,3)11-24(12)16-15(19)9-21-17(23-16)22-13-5-7-14(8-6-13)27(4,20)25/h5-9,12,20H,10-11H2,1-4H3,(H,21,22,23)/t12-,27-/m0/s1. The summed E-state index contributed by atoms with van der Waals surface area (Å²) >= 11 is 0. The van der Waals surface area contributed by atoms with Crippen LogP contribution in [0.3, 0.4) is 0 Å². The second-order valence-electron chi connectivity index (χ2n) is 7.41. The van der Waals surface area contributed by atoms with Crippen LogP contribution in [0.5, 0.6) is 0 Å². The lowest BCUT2D eigenvalue weighted by Crippen LogP contribution is -2.53. The molecule has 0 saturated carbocycles. The van der Waals surface area contributed by atoms with Crippen LogP contribution in [0, 0.1) is 10.6 Å². The second-order valence-corrected chi connectivity index (χ2v) is 9.56. The van der Waals surface area contributed by atoms with Gasteiger partial charge in [-0.25, -0.2) is 18.4 Å². The van der Waals surface area contributed by atoms with E-state index < -0.39 is 21.1 Å². The topological polar surface area (TPSA) is 91.2 Å². The van der Waals surface area contributed by atoms with Gasteiger partial charge in [0, 0.05) is 23.4 Å². The van der Waals surface area contributed by atoms with E-state index in [-0.39, 0.29) is 17.8 Å². The van der Waals surface area contributed by atoms with E-state index in [0.717, 1.165) is 6.20 Å². The molecule has 9 heteroatoms. The predicted octanol–water partition coefficient (Wildman–Crippen LogP) is 3.40. The Morgan fingerprint density at radius 2 is 2.04 bits per heavy atom. The van der Waals surface area contributed by atoms with Gasteiger partial charge < -0.3 is 15.0 Å². The van der Waals surface area contributed by atoms with Gasteiger partial charge in [-0.05, 0) is 45.0 Å². The van der Waals surface area contributed by atoms with Gasteiger partial charge in [0.15, 0.2) is 11.6 Å². The van der Waals surface area contributed by atoms with E-state index in [1.807, 2.05) is 25.7 Å². The van der Waals surface area contributed by atoms with Crippen LogP contribution in [0.4, 0.5) is 21.8 Å². The third kappa shape index (κ3) is 4.54. The third-order valence-electron chi connectivity index (χ3n) is 4.36. The molecule has 1 fully saturated rings. The van der Waals surface area contributed by atoms with Crippen molar-refractivity contribution in [3.63, 3.8) is 0 Å². The summed E-state index contributed by atoms with van der Waals surface area (Å²) in [5.41, 5.74) is 0.270. The molecule has 7 nitrogen and oxygen atoms in total. The largest absolute Gasteiger partial charge is 0.372 e. The number of benzene rings is 1. The van der Waals surface area contributed by atoms with E-state index in [1.165, 1.54) is 6.26 Å². The third-order valence-corrected chi connectivity index (χ3v) is 5.53. The molecule has 1 saturated heterocycles. The van der Waals surface area contributed by atoms with Crippen molar-refractivity contribution in [3.05, 3.63) is 36.3 Å². The first kappa shape index (κ1) is 19.5. The van der Waals surface area contributed by atoms with Crippen molar-refractivity contribution < 1.29 is 13.3 Å². The minimum atomic E-state index is -2.76. The Morgan fingerprint density at radius 3 is 2.67 bits per heavy atom. The van der Waals surface area contributed by atoms with Gasteiger partial charge >= 0.3 is 0 Å². The maximum Gasteiger partial charge on any atom is 0.229 e. The molecule has 2 atom stereocenters. The summed E-state index contributed by atoms with van der Waals surface area (Å²) in [5.74, 6) is 0.00913. The molecular formula is C18H24FN5O2S. The molecule has 3 rings (SSSR count). The number of anilines is 3. The zero-order valence-corrected chi connectivity index (χ0v) is 16.6. The van der Waals surface area contributed by atoms with Crippen LogP contribution in [0.25, 0.3) is 0 Å². The fourth-order valence-corrected chi connectivity index (χ4v) is 3.53. The lowest BCUT2D eigenvalue weighted by molar-refractivity contribution is -0.0425. The maximum atomic E-state index is 14.4. The quantitative estimate of drug-likeness (QED) is 0.827. The number of halogens is 1. The molecule has 0 radical (unpaired) electrons. The van der Waals surface area contributed by atoms with Gasteiger partial charge in [-0.2, -0.15) is 4.98 Å². The monoisotopic (exact) mass is 393 g/mol. The Kier molecular flexibility index (Phi) is 5.09. The Labute approximate surface area is 158 Å². The summed E-state index contributed by atoms with van der Waals surface area (Å²) in [6, 6.07) is 6.62. The molecule has 2 N–H and O–H groups in total. The number of morpholine rings is 1. The maximum absolute atomic E-state index is 14.4. The van der Waals surface area contributed by atoms with Crippen LogP contribution >= 0.6 is 0 Å². The van der Waals surface area contributed by atoms with Gasteiger partial charge in [0.05, 0.1) is 34.2 Å². The first-order chi connectivity index (χ1) is 12.5. The summed E-state index contributed by atoms with van der Waals surface area (Å²) in [5, 5.41) is 3.02. The summed E-state index contributed by atoms with van der Waals surface area (Å²) in [6.45, 7) is 6.90. The minimum absolute atomic E-state index is 0.00989. The van der Waals surface area contributed by atoms with Crippen molar-refractivity contribution in [1.29, 1.82) is 4.78 Å². The molecule has 0 aliphatic carbocycles. The minimum Gasteiger partial charge on any atom is -0.372 e. The summed E-state index contributed by atoms with van der Waals surface area (Å²) in [4.78, 5) is 10.7. The molecule has 1 aliphatic heterocycles. The molecule has 2 heterocycles. The van der Waals surface area contributed by atoms with Gasteiger partial charge in [-0.3, -0.25) is 0 Å². The zero-order valence-electron chi connectivity index (χ0n) is 15.8. The molecular weight excluding hydrogens is 369 g/mol. The van der Waals surface area contributed by atoms with Crippen LogP contribution in [-0.4, -0.2) is 45.2 Å². The lowest BCUT2D eigenvalue weighted by Gasteiger charge is -2.43. The predicted molar refractivity (Wildman–Crippen MR) is 104 cm³/mol. The molecule has 0 spiro atoms. The van der Waals surface area contributed by atoms with Crippen molar-refractivity contribution in [1.82, 2.24) is 9.97 Å². The first-order valence-corrected chi connectivity index (χ1v) is 10.6. The highest BCUT2D eigenvalue weighted by Gasteiger charge is 2.34. The van der Waals surface area contributed by atoms with Gasteiger partial charge in [-0.1, -0.05) is 0 Å². The molecule has 146 valence electrons. The Hall–Kier alpha value is -2.26. The van der Waals surface area contributed by atoms with Crippen LogP contribution in [-0.2, 0) is 14.5 Å². The number of nitrogens with zero attached hydrogens (tertiary/aromatic N) is 3. The average Bonchev–Trinajstić information content (AvgIpc) is 2.59. The highest BCUT2D eigenvalue weighted by molar-refractivity contribution is 7.91. The first-order valence-electron chi connectivity index (χ1n) is 8.59. The Morgan fingerprint density at radius 1 is 1.37 bits per heavy atom. The van der Waals surface area contributed by atoms with Crippen LogP contribution in [0.1, 0.15) is 20.8 Å². The number of hydrogen-bond acceptors (Lipinski definition) is 7. The lowest BCUT2D eigenvalue weighted by atomic mass is 10.0. The fraction of sp³-hybridized carbons (Fsp3) is 0.444. The van der Waals surface area contributed by atoms with E-state index in [9.17, 15) is 8.60 Å². The summed E-state index contributed by atoms with van der Waals surface area (Å²) < 4.78 is 39.6.